The van der Waals surface area contributed by atoms with E-state index in [1.165, 1.54) is 19.3 Å². The molecule has 0 aliphatic heterocycles. The van der Waals surface area contributed by atoms with Gasteiger partial charge in [0.15, 0.2) is 5.65 Å². The molecule has 4 aliphatic rings. The highest BCUT2D eigenvalue weighted by molar-refractivity contribution is 5.74. The lowest BCUT2D eigenvalue weighted by atomic mass is 9.42. The van der Waals surface area contributed by atoms with E-state index < -0.39 is 0 Å². The largest absolute Gasteiger partial charge is 0.330 e. The first-order chi connectivity index (χ1) is 17.6. The van der Waals surface area contributed by atoms with Crippen molar-refractivity contribution in [2.75, 3.05) is 5.32 Å². The second-order valence-corrected chi connectivity index (χ2v) is 12.8. The quantitative estimate of drug-likeness (QED) is 0.439. The molecule has 9 heteroatoms. The van der Waals surface area contributed by atoms with Crippen molar-refractivity contribution >= 4 is 22.8 Å². The fourth-order valence-corrected chi connectivity index (χ4v) is 8.75. The van der Waals surface area contributed by atoms with Gasteiger partial charge in [-0.1, -0.05) is 13.8 Å². The maximum atomic E-state index is 13.7. The van der Waals surface area contributed by atoms with Gasteiger partial charge in [-0.15, -0.1) is 0 Å². The van der Waals surface area contributed by atoms with E-state index in [0.717, 1.165) is 52.9 Å². The first-order valence-electron chi connectivity index (χ1n) is 13.2. The summed E-state index contributed by atoms with van der Waals surface area (Å²) in [5, 5.41) is 7.61. The lowest BCUT2D eigenvalue weighted by molar-refractivity contribution is -0.135. The number of anilines is 2. The van der Waals surface area contributed by atoms with Crippen LogP contribution < -0.4 is 11.0 Å². The standard InChI is InChI=1S/C28H34N8O/c1-17-6-20(19-10-31-34(4)13-19)29-11-21(17)32-24-30-12-22-23(33-24)36(25(37)35(22)5)28-9-18-7-26(2,15-28)14-27(3,8-18)16-28/h6,10-13,18H,7-9,14-16H2,1-5H3,(H,30,32,33)/t18?,26-,27+,28?. The maximum Gasteiger partial charge on any atom is 0.330 e. The van der Waals surface area contributed by atoms with Crippen LogP contribution in [0.5, 0.6) is 0 Å². The fourth-order valence-electron chi connectivity index (χ4n) is 8.75. The molecule has 2 unspecified atom stereocenters. The number of rotatable bonds is 4. The number of pyridine rings is 1. The van der Waals surface area contributed by atoms with Gasteiger partial charge in [0, 0.05) is 25.9 Å². The van der Waals surface area contributed by atoms with Crippen molar-refractivity contribution in [3.8, 4) is 11.3 Å². The van der Waals surface area contributed by atoms with Crippen LogP contribution in [-0.2, 0) is 19.6 Å². The van der Waals surface area contributed by atoms with E-state index in [1.807, 2.05) is 50.2 Å². The summed E-state index contributed by atoms with van der Waals surface area (Å²) in [6.45, 7) is 6.92. The summed E-state index contributed by atoms with van der Waals surface area (Å²) in [6.07, 6.45) is 14.4. The lowest BCUT2D eigenvalue weighted by Crippen LogP contribution is -2.60. The van der Waals surface area contributed by atoms with Crippen LogP contribution in [0.1, 0.15) is 57.9 Å². The third kappa shape index (κ3) is 3.39. The lowest BCUT2D eigenvalue weighted by Gasteiger charge is -2.65. The topological polar surface area (TPSA) is 95.5 Å². The fraction of sp³-hybridized carbons (Fsp3) is 0.536. The van der Waals surface area contributed by atoms with Gasteiger partial charge < -0.3 is 5.32 Å². The number of aryl methyl sites for hydroxylation is 3. The molecule has 4 fully saturated rings. The highest BCUT2D eigenvalue weighted by atomic mass is 16.2. The third-order valence-electron chi connectivity index (χ3n) is 9.23. The van der Waals surface area contributed by atoms with Gasteiger partial charge in [0.25, 0.3) is 0 Å². The minimum absolute atomic E-state index is 0.0225. The van der Waals surface area contributed by atoms with Crippen molar-refractivity contribution in [2.24, 2.45) is 30.8 Å². The molecule has 192 valence electrons. The smallest absolute Gasteiger partial charge is 0.323 e. The van der Waals surface area contributed by atoms with E-state index in [4.69, 9.17) is 4.98 Å². The van der Waals surface area contributed by atoms with Crippen LogP contribution in [0.15, 0.2) is 35.6 Å². The Morgan fingerprint density at radius 3 is 2.41 bits per heavy atom. The van der Waals surface area contributed by atoms with Crippen LogP contribution >= 0.6 is 0 Å². The SMILES string of the molecule is Cc1cc(-c2cnn(C)c2)ncc1Nc1ncc2c(n1)n(C13CC4C[C@@](C)(C1)C[C@](C)(C4)C3)c(=O)n2C. The van der Waals surface area contributed by atoms with Gasteiger partial charge in [-0.2, -0.15) is 10.1 Å². The number of aromatic nitrogens is 7. The Morgan fingerprint density at radius 2 is 1.76 bits per heavy atom. The minimum atomic E-state index is -0.173. The molecular weight excluding hydrogens is 464 g/mol. The molecule has 4 saturated carbocycles. The molecule has 4 heterocycles. The van der Waals surface area contributed by atoms with Gasteiger partial charge in [-0.05, 0) is 73.8 Å². The summed E-state index contributed by atoms with van der Waals surface area (Å²) in [5.41, 5.74) is 5.67. The Bertz CT molecular complexity index is 1610. The minimum Gasteiger partial charge on any atom is -0.323 e. The molecule has 0 saturated heterocycles. The van der Waals surface area contributed by atoms with Crippen LogP contribution in [0.25, 0.3) is 22.4 Å². The van der Waals surface area contributed by atoms with Gasteiger partial charge >= 0.3 is 5.69 Å². The second kappa shape index (κ2) is 7.30. The van der Waals surface area contributed by atoms with E-state index in [1.54, 1.807) is 15.4 Å². The molecule has 4 bridgehead atoms. The zero-order valence-electron chi connectivity index (χ0n) is 22.2. The first-order valence-corrected chi connectivity index (χ1v) is 13.2. The molecule has 9 nitrogen and oxygen atoms in total. The van der Waals surface area contributed by atoms with Gasteiger partial charge in [0.2, 0.25) is 5.95 Å². The second-order valence-electron chi connectivity index (χ2n) is 12.8. The molecule has 4 atom stereocenters. The number of imidazole rings is 1. The Balaban J connectivity index is 1.29. The van der Waals surface area contributed by atoms with Gasteiger partial charge in [0.05, 0.1) is 35.5 Å². The van der Waals surface area contributed by atoms with Crippen LogP contribution in [0.3, 0.4) is 0 Å². The predicted octanol–water partition coefficient (Wildman–Crippen LogP) is 4.68. The summed E-state index contributed by atoms with van der Waals surface area (Å²) in [6, 6.07) is 2.03. The molecule has 0 spiro atoms. The number of hydrogen-bond donors (Lipinski definition) is 1. The van der Waals surface area contributed by atoms with E-state index in [2.05, 4.69) is 34.2 Å². The molecular formula is C28H34N8O. The summed E-state index contributed by atoms with van der Waals surface area (Å²) >= 11 is 0. The molecule has 4 aromatic heterocycles. The Labute approximate surface area is 216 Å². The van der Waals surface area contributed by atoms with Crippen molar-refractivity contribution in [3.05, 3.63) is 46.9 Å². The van der Waals surface area contributed by atoms with E-state index in [9.17, 15) is 4.79 Å². The van der Waals surface area contributed by atoms with Gasteiger partial charge in [0.1, 0.15) is 5.52 Å². The maximum absolute atomic E-state index is 13.7. The van der Waals surface area contributed by atoms with Crippen molar-refractivity contribution in [2.45, 2.75) is 64.8 Å². The zero-order chi connectivity index (χ0) is 25.7. The number of nitrogens with one attached hydrogen (secondary N) is 1. The summed E-state index contributed by atoms with van der Waals surface area (Å²) in [7, 11) is 3.74. The Kier molecular flexibility index (Phi) is 4.47. The number of hydrogen-bond acceptors (Lipinski definition) is 6. The van der Waals surface area contributed by atoms with Crippen LogP contribution in [0.2, 0.25) is 0 Å². The van der Waals surface area contributed by atoms with E-state index >= 15 is 0 Å². The normalized spacial score (nSPS) is 30.4. The highest BCUT2D eigenvalue weighted by Gasteiger charge is 2.61. The predicted molar refractivity (Wildman–Crippen MR) is 143 cm³/mol. The van der Waals surface area contributed by atoms with Gasteiger partial charge in [-0.3, -0.25) is 18.8 Å². The Hall–Kier alpha value is -3.49. The van der Waals surface area contributed by atoms with Crippen LogP contribution in [0.4, 0.5) is 11.6 Å². The summed E-state index contributed by atoms with van der Waals surface area (Å²) in [5.74, 6) is 1.16. The summed E-state index contributed by atoms with van der Waals surface area (Å²) in [4.78, 5) is 27.9. The average molecular weight is 499 g/mol. The summed E-state index contributed by atoms with van der Waals surface area (Å²) < 4.78 is 5.54. The molecule has 4 aliphatic carbocycles. The first kappa shape index (κ1) is 22.7. The molecule has 37 heavy (non-hydrogen) atoms. The Morgan fingerprint density at radius 1 is 1.00 bits per heavy atom. The van der Waals surface area contributed by atoms with Crippen molar-refractivity contribution in [1.82, 2.24) is 33.9 Å². The van der Waals surface area contributed by atoms with E-state index in [-0.39, 0.29) is 11.2 Å². The average Bonchev–Trinajstić information content (AvgIpc) is 3.34. The van der Waals surface area contributed by atoms with Crippen molar-refractivity contribution in [3.63, 3.8) is 0 Å². The monoisotopic (exact) mass is 498 g/mol. The molecule has 4 aromatic rings. The van der Waals surface area contributed by atoms with Crippen LogP contribution in [0, 0.1) is 23.7 Å². The molecule has 0 aromatic carbocycles. The van der Waals surface area contributed by atoms with Crippen molar-refractivity contribution in [1.29, 1.82) is 0 Å². The molecule has 8 rings (SSSR count). The highest BCUT2D eigenvalue weighted by Crippen LogP contribution is 2.68. The van der Waals surface area contributed by atoms with E-state index in [0.29, 0.717) is 22.7 Å². The number of fused-ring (bicyclic) bond motifs is 1. The molecule has 0 amide bonds. The van der Waals surface area contributed by atoms with Crippen molar-refractivity contribution < 1.29 is 0 Å². The van der Waals surface area contributed by atoms with Crippen LogP contribution in [-0.4, -0.2) is 33.9 Å². The third-order valence-corrected chi connectivity index (χ3v) is 9.23. The van der Waals surface area contributed by atoms with Gasteiger partial charge in [-0.25, -0.2) is 9.78 Å². The number of nitrogens with zero attached hydrogens (tertiary/aromatic N) is 7. The zero-order valence-corrected chi connectivity index (χ0v) is 22.2. The molecule has 1 N–H and O–H groups in total. The molecule has 0 radical (unpaired) electrons.